The Morgan fingerprint density at radius 2 is 1.03 bits per heavy atom. The van der Waals surface area contributed by atoms with E-state index in [-0.39, 0.29) is 34.2 Å². The van der Waals surface area contributed by atoms with Gasteiger partial charge in [0, 0.05) is 17.4 Å². The summed E-state index contributed by atoms with van der Waals surface area (Å²) in [5, 5.41) is 55.8. The molecule has 0 saturated heterocycles. The van der Waals surface area contributed by atoms with E-state index in [1.54, 1.807) is 0 Å². The van der Waals surface area contributed by atoms with Crippen molar-refractivity contribution < 1.29 is 54.2 Å². The van der Waals surface area contributed by atoms with Crippen LogP contribution in [0.25, 0.3) is 10.8 Å². The van der Waals surface area contributed by atoms with Crippen LogP contribution < -0.4 is 16.8 Å². The Balaban J connectivity index is 1.37. The first kappa shape index (κ1) is 40.6. The summed E-state index contributed by atoms with van der Waals surface area (Å²) in [5.74, 6) is -1.33. The zero-order valence-corrected chi connectivity index (χ0v) is 31.4. The van der Waals surface area contributed by atoms with E-state index < -0.39 is 78.6 Å². The first-order valence-electron chi connectivity index (χ1n) is 15.9. The van der Waals surface area contributed by atoms with Crippen molar-refractivity contribution in [3.63, 3.8) is 0 Å². The lowest BCUT2D eigenvalue weighted by molar-refractivity contribution is 0.472. The van der Waals surface area contributed by atoms with Gasteiger partial charge in [0.25, 0.3) is 30.4 Å². The maximum atomic E-state index is 12.5. The predicted octanol–water partition coefficient (Wildman–Crippen LogP) is 7.85. The summed E-state index contributed by atoms with van der Waals surface area (Å²) in [5.41, 5.74) is 10.3. The maximum absolute atomic E-state index is 12.5. The minimum absolute atomic E-state index is 0.0716. The number of aromatic hydroxyl groups is 3. The molecular formula is C34H27N9O12S3. The zero-order chi connectivity index (χ0) is 42.2. The van der Waals surface area contributed by atoms with E-state index in [4.69, 9.17) is 11.5 Å². The lowest BCUT2D eigenvalue weighted by Crippen LogP contribution is -2.04. The molecule has 0 aliphatic rings. The van der Waals surface area contributed by atoms with Crippen LogP contribution in [0.4, 0.5) is 56.9 Å². The molecule has 0 heterocycles. The number of azo groups is 3. The second-order valence-corrected chi connectivity index (χ2v) is 16.1. The van der Waals surface area contributed by atoms with Crippen molar-refractivity contribution in [3.8, 4) is 17.2 Å². The van der Waals surface area contributed by atoms with E-state index in [0.29, 0.717) is 29.2 Å². The summed E-state index contributed by atoms with van der Waals surface area (Å²) in [6, 6.07) is 20.0. The van der Waals surface area contributed by atoms with Gasteiger partial charge in [-0.15, -0.1) is 15.3 Å². The third-order valence-electron chi connectivity index (χ3n) is 7.91. The molecule has 11 N–H and O–H groups in total. The minimum atomic E-state index is -5.23. The molecule has 0 aromatic heterocycles. The molecule has 0 unspecified atom stereocenters. The number of hydrogen-bond donors (Lipinski definition) is 9. The van der Waals surface area contributed by atoms with Crippen molar-refractivity contribution >= 4 is 98.0 Å². The van der Waals surface area contributed by atoms with Crippen LogP contribution in [-0.2, 0) is 30.4 Å². The summed E-state index contributed by atoms with van der Waals surface area (Å²) in [7, 11) is -15.4. The Bertz CT molecular complexity index is 3050. The molecule has 24 heteroatoms. The number of phenolic OH excluding ortho intramolecular Hbond substituents is 3. The van der Waals surface area contributed by atoms with Crippen LogP contribution in [0.1, 0.15) is 0 Å². The van der Waals surface area contributed by atoms with Gasteiger partial charge in [0.1, 0.15) is 43.2 Å². The second kappa shape index (κ2) is 15.4. The Morgan fingerprint density at radius 1 is 0.517 bits per heavy atom. The molecule has 6 aromatic carbocycles. The monoisotopic (exact) mass is 849 g/mol. The fourth-order valence-electron chi connectivity index (χ4n) is 5.23. The molecule has 0 radical (unpaired) electrons. The fourth-order valence-corrected chi connectivity index (χ4v) is 7.23. The Kier molecular flexibility index (Phi) is 10.8. The third-order valence-corrected chi connectivity index (χ3v) is 10.5. The molecule has 0 fully saturated rings. The topological polar surface area (TPSA) is 362 Å². The molecule has 0 aliphatic heterocycles. The van der Waals surface area contributed by atoms with Gasteiger partial charge in [-0.3, -0.25) is 13.7 Å². The lowest BCUT2D eigenvalue weighted by atomic mass is 10.1. The normalized spacial score (nSPS) is 12.6. The number of benzene rings is 6. The zero-order valence-electron chi connectivity index (χ0n) is 28.9. The molecule has 0 atom stereocenters. The molecule has 0 spiro atoms. The summed E-state index contributed by atoms with van der Waals surface area (Å²) in [6.45, 7) is 0. The first-order chi connectivity index (χ1) is 27.2. The molecule has 58 heavy (non-hydrogen) atoms. The van der Waals surface area contributed by atoms with Crippen LogP contribution in [0, 0.1) is 0 Å². The van der Waals surface area contributed by atoms with Gasteiger partial charge >= 0.3 is 0 Å². The molecular weight excluding hydrogens is 823 g/mol. The molecule has 0 amide bonds. The highest BCUT2D eigenvalue weighted by Gasteiger charge is 2.28. The minimum Gasteiger partial charge on any atom is -0.508 e. The predicted molar refractivity (Wildman–Crippen MR) is 209 cm³/mol. The molecule has 0 aliphatic carbocycles. The van der Waals surface area contributed by atoms with Gasteiger partial charge in [-0.05, 0) is 96.4 Å². The molecule has 0 saturated carbocycles. The second-order valence-electron chi connectivity index (χ2n) is 11.9. The standard InChI is InChI=1S/C34H27N9O12S3/c35-18-1-11-24(26(45)15-18)41-38-20-4-2-19(3-5-20)37-25-12-8-22(16-27(25)56(47,48)49)40-42-32-28(57(50,51)52)13-17-14-29(58(53,54)55)33(34(46)30(17)31(32)36)43-39-21-6-9-23(44)10-7-21/h1-16,37,44-46H,35-36H2,(H,47,48,49)(H,50,51,52)(H,53,54,55)/b41-38+,42-40+,43-39+. The van der Waals surface area contributed by atoms with Gasteiger partial charge < -0.3 is 32.1 Å². The van der Waals surface area contributed by atoms with Crippen molar-refractivity contribution in [2.75, 3.05) is 16.8 Å². The summed E-state index contributed by atoms with van der Waals surface area (Å²) in [6.07, 6.45) is 0. The van der Waals surface area contributed by atoms with Crippen LogP contribution in [-0.4, -0.2) is 54.2 Å². The van der Waals surface area contributed by atoms with E-state index in [0.717, 1.165) is 6.07 Å². The largest absolute Gasteiger partial charge is 0.508 e. The Morgan fingerprint density at radius 3 is 1.62 bits per heavy atom. The van der Waals surface area contributed by atoms with E-state index in [1.165, 1.54) is 78.9 Å². The quantitative estimate of drug-likeness (QED) is 0.0340. The van der Waals surface area contributed by atoms with E-state index in [1.807, 2.05) is 0 Å². The molecule has 21 nitrogen and oxygen atoms in total. The number of anilines is 4. The van der Waals surface area contributed by atoms with Gasteiger partial charge in [-0.25, -0.2) is 0 Å². The SMILES string of the molecule is Nc1ccc(/N=N/c2ccc(Nc3ccc(/N=N/c4c(S(=O)(=O)O)cc5cc(S(=O)(=O)O)c(/N=N/c6ccc(O)cc6)c(O)c5c4N)cc3S(=O)(=O)O)cc2)c(O)c1. The Labute approximate surface area is 327 Å². The highest BCUT2D eigenvalue weighted by atomic mass is 32.2. The smallest absolute Gasteiger partial charge is 0.296 e. The van der Waals surface area contributed by atoms with Crippen molar-refractivity contribution in [2.45, 2.75) is 14.7 Å². The lowest BCUT2D eigenvalue weighted by Gasteiger charge is -2.14. The van der Waals surface area contributed by atoms with Crippen LogP contribution in [0.5, 0.6) is 17.2 Å². The van der Waals surface area contributed by atoms with E-state index >= 15 is 0 Å². The average molecular weight is 850 g/mol. The van der Waals surface area contributed by atoms with Gasteiger partial charge in [-0.2, -0.15) is 40.6 Å². The van der Waals surface area contributed by atoms with E-state index in [9.17, 15) is 54.2 Å². The third kappa shape index (κ3) is 8.96. The van der Waals surface area contributed by atoms with E-state index in [2.05, 4.69) is 36.0 Å². The number of fused-ring (bicyclic) bond motifs is 1. The highest BCUT2D eigenvalue weighted by Crippen LogP contribution is 2.48. The number of nitrogens with two attached hydrogens (primary N) is 2. The fraction of sp³-hybridized carbons (Fsp3) is 0. The number of rotatable bonds is 11. The first-order valence-corrected chi connectivity index (χ1v) is 20.2. The maximum Gasteiger partial charge on any atom is 0.296 e. The molecule has 0 bridgehead atoms. The van der Waals surface area contributed by atoms with Crippen LogP contribution >= 0.6 is 0 Å². The number of nitrogens with one attached hydrogen (secondary N) is 1. The molecule has 6 rings (SSSR count). The van der Waals surface area contributed by atoms with Crippen molar-refractivity contribution in [2.24, 2.45) is 30.7 Å². The summed E-state index contributed by atoms with van der Waals surface area (Å²) < 4.78 is 105. The van der Waals surface area contributed by atoms with Crippen LogP contribution in [0.15, 0.2) is 142 Å². The number of phenols is 3. The van der Waals surface area contributed by atoms with Gasteiger partial charge in [0.2, 0.25) is 0 Å². The van der Waals surface area contributed by atoms with Crippen molar-refractivity contribution in [3.05, 3.63) is 97.1 Å². The number of hydrogen-bond acceptors (Lipinski definition) is 18. The summed E-state index contributed by atoms with van der Waals surface area (Å²) >= 11 is 0. The van der Waals surface area contributed by atoms with Crippen LogP contribution in [0.3, 0.4) is 0 Å². The molecule has 6 aromatic rings. The number of nitrogens with zero attached hydrogens (tertiary/aromatic N) is 6. The van der Waals surface area contributed by atoms with Crippen molar-refractivity contribution in [1.82, 2.24) is 0 Å². The highest BCUT2D eigenvalue weighted by molar-refractivity contribution is 7.86. The van der Waals surface area contributed by atoms with Gasteiger partial charge in [0.05, 0.1) is 33.8 Å². The van der Waals surface area contributed by atoms with Gasteiger partial charge in [-0.1, -0.05) is 0 Å². The van der Waals surface area contributed by atoms with Gasteiger partial charge in [0.15, 0.2) is 5.75 Å². The van der Waals surface area contributed by atoms with Crippen molar-refractivity contribution in [1.29, 1.82) is 0 Å². The number of nitrogen functional groups attached to an aromatic ring is 2. The summed E-state index contributed by atoms with van der Waals surface area (Å²) in [4.78, 5) is -2.77. The molecule has 298 valence electrons. The Hall–Kier alpha value is -7.09. The average Bonchev–Trinajstić information content (AvgIpc) is 3.14. The van der Waals surface area contributed by atoms with Crippen LogP contribution in [0.2, 0.25) is 0 Å².